The van der Waals surface area contributed by atoms with Crippen LogP contribution in [0.5, 0.6) is 0 Å². The molecule has 0 bridgehead atoms. The van der Waals surface area contributed by atoms with Crippen molar-refractivity contribution in [3.05, 3.63) is 42.5 Å². The van der Waals surface area contributed by atoms with E-state index in [4.69, 9.17) is 9.90 Å². The lowest BCUT2D eigenvalue weighted by Gasteiger charge is -2.36. The van der Waals surface area contributed by atoms with Crippen molar-refractivity contribution in [3.8, 4) is 0 Å². The van der Waals surface area contributed by atoms with Crippen LogP contribution >= 0.6 is 0 Å². The number of likely N-dealkylation sites (N-methyl/N-ethyl adjacent to an activating group) is 1. The molecular weight excluding hydrogens is 494 g/mol. The summed E-state index contributed by atoms with van der Waals surface area (Å²) in [7, 11) is 0. The summed E-state index contributed by atoms with van der Waals surface area (Å²) in [6, 6.07) is 7.65. The Morgan fingerprint density at radius 1 is 0.974 bits per heavy atom. The van der Waals surface area contributed by atoms with E-state index < -0.39 is 17.9 Å². The molecule has 1 saturated heterocycles. The van der Waals surface area contributed by atoms with E-state index in [1.807, 2.05) is 34.1 Å². The monoisotopic (exact) mass is 535 g/mol. The van der Waals surface area contributed by atoms with Crippen LogP contribution in [0, 0.1) is 0 Å². The second-order valence-corrected chi connectivity index (χ2v) is 8.94. The Kier molecular flexibility index (Phi) is 15.5. The number of carbonyl (C=O) groups excluding carboxylic acids is 1. The van der Waals surface area contributed by atoms with E-state index in [0.29, 0.717) is 57.9 Å². The second-order valence-electron chi connectivity index (χ2n) is 8.94. The van der Waals surface area contributed by atoms with Gasteiger partial charge < -0.3 is 26.0 Å². The fraction of sp³-hybridized carbons (Fsp3) is 0.538. The highest BCUT2D eigenvalue weighted by Gasteiger charge is 2.24. The predicted molar refractivity (Wildman–Crippen MR) is 144 cm³/mol. The van der Waals surface area contributed by atoms with E-state index in [-0.39, 0.29) is 25.0 Å². The van der Waals surface area contributed by atoms with Gasteiger partial charge in [-0.05, 0) is 36.7 Å². The van der Waals surface area contributed by atoms with Crippen LogP contribution in [0.15, 0.2) is 36.9 Å². The topological polar surface area (TPSA) is 163 Å². The Hall–Kier alpha value is -3.32. The Bertz CT molecular complexity index is 906. The highest BCUT2D eigenvalue weighted by atomic mass is 16.4. The molecule has 1 aromatic carbocycles. The van der Waals surface area contributed by atoms with Gasteiger partial charge in [0.1, 0.15) is 0 Å². The smallest absolute Gasteiger partial charge is 0.317 e. The maximum absolute atomic E-state index is 11.5. The summed E-state index contributed by atoms with van der Waals surface area (Å²) in [4.78, 5) is 49.5. The molecule has 1 aliphatic heterocycles. The van der Waals surface area contributed by atoms with E-state index in [1.165, 1.54) is 6.08 Å². The van der Waals surface area contributed by atoms with Gasteiger partial charge in [0.2, 0.25) is 5.91 Å². The van der Waals surface area contributed by atoms with Crippen LogP contribution in [0.1, 0.15) is 19.4 Å². The maximum Gasteiger partial charge on any atom is 0.317 e. The van der Waals surface area contributed by atoms with Crippen molar-refractivity contribution in [3.63, 3.8) is 0 Å². The third-order valence-corrected chi connectivity index (χ3v) is 5.90. The normalized spacial score (nSPS) is 18.1. The molecule has 1 amide bonds. The largest absolute Gasteiger partial charge is 0.481 e. The number of hydrogen-bond donors (Lipinski definition) is 5. The number of anilines is 1. The maximum atomic E-state index is 11.5. The lowest BCUT2D eigenvalue weighted by molar-refractivity contribution is -0.139. The predicted octanol–water partition coefficient (Wildman–Crippen LogP) is 0.511. The molecule has 1 unspecified atom stereocenters. The van der Waals surface area contributed by atoms with Crippen molar-refractivity contribution in [2.75, 3.05) is 70.8 Å². The number of nitrogens with zero attached hydrogens (tertiary/aromatic N) is 3. The number of hydrogen-bond acceptors (Lipinski definition) is 8. The third kappa shape index (κ3) is 14.4. The summed E-state index contributed by atoms with van der Waals surface area (Å²) in [5.74, 6) is -2.81. The van der Waals surface area contributed by atoms with Crippen LogP contribution < -0.4 is 10.6 Å². The molecule has 1 atom stereocenters. The lowest BCUT2D eigenvalue weighted by atomic mass is 10.0. The second kappa shape index (κ2) is 18.0. The molecule has 0 spiro atoms. The first kappa shape index (κ1) is 32.7. The average molecular weight is 536 g/mol. The van der Waals surface area contributed by atoms with Crippen LogP contribution in [0.3, 0.4) is 0 Å². The van der Waals surface area contributed by atoms with Crippen LogP contribution in [-0.4, -0.2) is 125 Å². The summed E-state index contributed by atoms with van der Waals surface area (Å²) in [5, 5.41) is 32.1. The van der Waals surface area contributed by atoms with Crippen molar-refractivity contribution in [1.29, 1.82) is 0 Å². The fourth-order valence-electron chi connectivity index (χ4n) is 4.15. The highest BCUT2D eigenvalue weighted by Crippen LogP contribution is 2.15. The molecule has 0 aromatic heterocycles. The molecule has 0 aliphatic carbocycles. The van der Waals surface area contributed by atoms with Gasteiger partial charge in [-0.1, -0.05) is 25.6 Å². The van der Waals surface area contributed by atoms with Crippen molar-refractivity contribution < 1.29 is 34.5 Å². The van der Waals surface area contributed by atoms with Crippen molar-refractivity contribution in [1.82, 2.24) is 20.0 Å². The Labute approximate surface area is 223 Å². The molecule has 38 heavy (non-hydrogen) atoms. The van der Waals surface area contributed by atoms with Gasteiger partial charge in [0.05, 0.1) is 13.1 Å². The van der Waals surface area contributed by atoms with Gasteiger partial charge in [0, 0.05) is 64.5 Å². The first-order valence-corrected chi connectivity index (χ1v) is 12.6. The minimum atomic E-state index is -0.858. The molecule has 212 valence electrons. The number of aliphatic carboxylic acids is 3. The van der Waals surface area contributed by atoms with Gasteiger partial charge >= 0.3 is 11.9 Å². The summed E-state index contributed by atoms with van der Waals surface area (Å²) < 4.78 is 0. The summed E-state index contributed by atoms with van der Waals surface area (Å²) in [6.45, 7) is 11.7. The van der Waals surface area contributed by atoms with Gasteiger partial charge in [-0.3, -0.25) is 33.9 Å². The number of nitrogens with one attached hydrogen (secondary N) is 2. The zero-order valence-electron chi connectivity index (χ0n) is 22.3. The van der Waals surface area contributed by atoms with Crippen molar-refractivity contribution >= 4 is 29.5 Å². The standard InChI is InChI=1S/C24H37N5O5.C2H4O2/c1-3-22(30)26-20-7-5-19(6-8-20)15-21-16-28(18-24(33)34)12-10-25-9-11-27(17-23(31)32)13-14-29(21)4-2;1-2(3)4/h3,5-8,21,25H,1,4,9-18H2,2H3,(H,26,30)(H,31,32)(H,33,34);1H3,(H,3,4). The Morgan fingerprint density at radius 2 is 1.53 bits per heavy atom. The first-order chi connectivity index (χ1) is 18.0. The third-order valence-electron chi connectivity index (χ3n) is 5.90. The van der Waals surface area contributed by atoms with Gasteiger partial charge in [-0.25, -0.2) is 0 Å². The molecule has 1 aromatic rings. The first-order valence-electron chi connectivity index (χ1n) is 12.6. The summed E-state index contributed by atoms with van der Waals surface area (Å²) in [5.41, 5.74) is 1.76. The molecule has 1 aliphatic rings. The van der Waals surface area contributed by atoms with Crippen LogP contribution in [0.2, 0.25) is 0 Å². The lowest BCUT2D eigenvalue weighted by Crippen LogP contribution is -2.51. The van der Waals surface area contributed by atoms with Crippen LogP contribution in [0.25, 0.3) is 0 Å². The molecule has 2 rings (SSSR count). The van der Waals surface area contributed by atoms with E-state index in [0.717, 1.165) is 19.0 Å². The average Bonchev–Trinajstić information content (AvgIpc) is 2.83. The zero-order valence-corrected chi connectivity index (χ0v) is 22.3. The molecule has 12 heteroatoms. The number of carbonyl (C=O) groups is 4. The van der Waals surface area contributed by atoms with Crippen molar-refractivity contribution in [2.24, 2.45) is 0 Å². The van der Waals surface area contributed by atoms with Gasteiger partial charge in [-0.15, -0.1) is 0 Å². The summed E-state index contributed by atoms with van der Waals surface area (Å²) in [6.07, 6.45) is 1.92. The molecule has 1 fully saturated rings. The van der Waals surface area contributed by atoms with E-state index in [2.05, 4.69) is 29.0 Å². The number of rotatable bonds is 9. The van der Waals surface area contributed by atoms with Crippen LogP contribution in [0.4, 0.5) is 5.69 Å². The molecule has 12 nitrogen and oxygen atoms in total. The van der Waals surface area contributed by atoms with Gasteiger partial charge in [-0.2, -0.15) is 0 Å². The summed E-state index contributed by atoms with van der Waals surface area (Å²) >= 11 is 0. The SMILES string of the molecule is C=CC(=O)Nc1ccc(CC2CN(CC(=O)O)CCNCCN(CC(=O)O)CCN2CC)cc1.CC(=O)O. The minimum absolute atomic E-state index is 0.00701. The highest BCUT2D eigenvalue weighted by molar-refractivity contribution is 5.98. The fourth-order valence-corrected chi connectivity index (χ4v) is 4.15. The Balaban J connectivity index is 0.00000168. The molecule has 1 heterocycles. The van der Waals surface area contributed by atoms with E-state index >= 15 is 0 Å². The van der Waals surface area contributed by atoms with Gasteiger partial charge in [0.25, 0.3) is 5.97 Å². The van der Waals surface area contributed by atoms with Crippen molar-refractivity contribution in [2.45, 2.75) is 26.3 Å². The van der Waals surface area contributed by atoms with E-state index in [9.17, 15) is 24.6 Å². The number of benzene rings is 1. The van der Waals surface area contributed by atoms with E-state index in [1.54, 1.807) is 0 Å². The zero-order chi connectivity index (χ0) is 28.5. The van der Waals surface area contributed by atoms with Gasteiger partial charge in [0.15, 0.2) is 0 Å². The quantitative estimate of drug-likeness (QED) is 0.280. The number of carboxylic acids is 3. The molecular formula is C26H41N5O7. The Morgan fingerprint density at radius 3 is 2.05 bits per heavy atom. The molecule has 0 saturated carbocycles. The number of carboxylic acid groups (broad SMARTS) is 3. The molecule has 5 N–H and O–H groups in total. The number of amides is 1. The minimum Gasteiger partial charge on any atom is -0.481 e. The molecule has 0 radical (unpaired) electrons. The van der Waals surface area contributed by atoms with Crippen LogP contribution in [-0.2, 0) is 25.6 Å².